The quantitative estimate of drug-likeness (QED) is 0.564. The topological polar surface area (TPSA) is 96.9 Å². The van der Waals surface area contributed by atoms with Crippen LogP contribution in [-0.2, 0) is 11.3 Å². The molecule has 1 saturated carbocycles. The Morgan fingerprint density at radius 3 is 2.79 bits per heavy atom. The van der Waals surface area contributed by atoms with Crippen molar-refractivity contribution in [1.82, 2.24) is 29.5 Å². The van der Waals surface area contributed by atoms with Crippen LogP contribution in [-0.4, -0.2) is 49.2 Å². The molecule has 0 aromatic carbocycles. The molecule has 0 amide bonds. The van der Waals surface area contributed by atoms with Crippen LogP contribution in [0.5, 0.6) is 5.88 Å². The van der Waals surface area contributed by atoms with Crippen molar-refractivity contribution >= 4 is 17.0 Å². The summed E-state index contributed by atoms with van der Waals surface area (Å²) in [6.07, 6.45) is 9.36. The number of aryl methyl sites for hydroxylation is 2. The lowest BCUT2D eigenvalue weighted by molar-refractivity contribution is 0.0526. The Morgan fingerprint density at radius 1 is 1.28 bits per heavy atom. The summed E-state index contributed by atoms with van der Waals surface area (Å²) in [5.74, 6) is 1.11. The monoisotopic (exact) mass is 398 g/mol. The Kier molecular flexibility index (Phi) is 5.46. The molecule has 1 fully saturated rings. The number of aromatic nitrogens is 6. The predicted molar refractivity (Wildman–Crippen MR) is 106 cm³/mol. The Bertz CT molecular complexity index is 1020. The van der Waals surface area contributed by atoms with E-state index in [2.05, 4.69) is 20.2 Å². The van der Waals surface area contributed by atoms with Crippen LogP contribution < -0.4 is 4.74 Å². The van der Waals surface area contributed by atoms with Gasteiger partial charge in [0, 0.05) is 12.7 Å². The van der Waals surface area contributed by atoms with Gasteiger partial charge in [0.2, 0.25) is 5.88 Å². The third-order valence-electron chi connectivity index (χ3n) is 5.43. The molecule has 0 N–H and O–H groups in total. The second-order valence-electron chi connectivity index (χ2n) is 7.37. The molecule has 3 aromatic rings. The summed E-state index contributed by atoms with van der Waals surface area (Å²) in [5, 5.41) is 8.89. The first-order valence-electron chi connectivity index (χ1n) is 10.1. The van der Waals surface area contributed by atoms with E-state index < -0.39 is 5.97 Å². The van der Waals surface area contributed by atoms with Crippen molar-refractivity contribution in [1.29, 1.82) is 0 Å². The Morgan fingerprint density at radius 2 is 2.07 bits per heavy atom. The van der Waals surface area contributed by atoms with Gasteiger partial charge >= 0.3 is 5.97 Å². The van der Waals surface area contributed by atoms with Gasteiger partial charge in [0.25, 0.3) is 5.95 Å². The molecule has 9 nitrogen and oxygen atoms in total. The maximum Gasteiger partial charge on any atom is 0.341 e. The molecular formula is C20H26N6O3. The highest BCUT2D eigenvalue weighted by Gasteiger charge is 2.21. The zero-order valence-electron chi connectivity index (χ0n) is 17.1. The number of ether oxygens (including phenoxy) is 2. The molecule has 1 aliphatic rings. The van der Waals surface area contributed by atoms with Crippen LogP contribution >= 0.6 is 0 Å². The van der Waals surface area contributed by atoms with E-state index in [9.17, 15) is 4.79 Å². The third kappa shape index (κ3) is 3.81. The van der Waals surface area contributed by atoms with Gasteiger partial charge in [0.15, 0.2) is 0 Å². The smallest absolute Gasteiger partial charge is 0.341 e. The van der Waals surface area contributed by atoms with Crippen molar-refractivity contribution < 1.29 is 14.3 Å². The van der Waals surface area contributed by atoms with Crippen LogP contribution in [0.15, 0.2) is 12.4 Å². The van der Waals surface area contributed by atoms with Gasteiger partial charge < -0.3 is 9.47 Å². The number of hydrogen-bond donors (Lipinski definition) is 0. The first-order chi connectivity index (χ1) is 14.1. The number of methoxy groups -OCH3 is 1. The lowest BCUT2D eigenvalue weighted by Crippen LogP contribution is -2.08. The number of fused-ring (bicyclic) bond motifs is 1. The molecule has 0 bridgehead atoms. The second-order valence-corrected chi connectivity index (χ2v) is 7.37. The summed E-state index contributed by atoms with van der Waals surface area (Å²) < 4.78 is 14.0. The van der Waals surface area contributed by atoms with Crippen molar-refractivity contribution in [2.45, 2.75) is 52.5 Å². The highest BCUT2D eigenvalue weighted by molar-refractivity contribution is 5.89. The number of nitrogens with zero attached hydrogens (tertiary/aromatic N) is 6. The van der Waals surface area contributed by atoms with Crippen LogP contribution in [0.25, 0.3) is 17.0 Å². The van der Waals surface area contributed by atoms with Gasteiger partial charge in [-0.25, -0.2) is 14.5 Å². The molecule has 0 radical (unpaired) electrons. The summed E-state index contributed by atoms with van der Waals surface area (Å²) in [7, 11) is 1.59. The lowest BCUT2D eigenvalue weighted by Gasteiger charge is -2.11. The number of carbonyl (C=O) groups excluding carboxylic acids is 1. The van der Waals surface area contributed by atoms with E-state index in [0.29, 0.717) is 24.0 Å². The standard InChI is InChI=1S/C20H26N6O3/c1-4-29-19(27)15-11-21-26(12-15)20-22-16-13(2)24-25(17(16)18(23-20)28-3)10-9-14-7-5-6-8-14/h11-12,14H,4-10H2,1-3H3. The zero-order chi connectivity index (χ0) is 20.4. The molecule has 4 rings (SSSR count). The number of rotatable bonds is 7. The van der Waals surface area contributed by atoms with Gasteiger partial charge in [-0.1, -0.05) is 25.7 Å². The van der Waals surface area contributed by atoms with E-state index in [1.165, 1.54) is 36.6 Å². The summed E-state index contributed by atoms with van der Waals surface area (Å²) in [4.78, 5) is 21.1. The fraction of sp³-hybridized carbons (Fsp3) is 0.550. The van der Waals surface area contributed by atoms with Crippen molar-refractivity contribution in [2.24, 2.45) is 5.92 Å². The molecule has 9 heteroatoms. The average Bonchev–Trinajstić information content (AvgIpc) is 3.47. The molecule has 0 unspecified atom stereocenters. The minimum Gasteiger partial charge on any atom is -0.479 e. The highest BCUT2D eigenvalue weighted by Crippen LogP contribution is 2.30. The van der Waals surface area contributed by atoms with Crippen LogP contribution in [0.2, 0.25) is 0 Å². The molecule has 154 valence electrons. The SMILES string of the molecule is CCOC(=O)c1cnn(-c2nc(OC)c3c(n2)c(C)nn3CCC2CCCC2)c1. The van der Waals surface area contributed by atoms with Gasteiger partial charge in [-0.05, 0) is 26.2 Å². The van der Waals surface area contributed by atoms with Crippen molar-refractivity contribution in [2.75, 3.05) is 13.7 Å². The lowest BCUT2D eigenvalue weighted by atomic mass is 10.0. The van der Waals surface area contributed by atoms with E-state index in [4.69, 9.17) is 9.47 Å². The molecule has 3 aromatic heterocycles. The van der Waals surface area contributed by atoms with Gasteiger partial charge in [0.05, 0.1) is 31.2 Å². The molecule has 29 heavy (non-hydrogen) atoms. The molecule has 0 atom stereocenters. The first-order valence-corrected chi connectivity index (χ1v) is 10.1. The van der Waals surface area contributed by atoms with Crippen LogP contribution in [0.4, 0.5) is 0 Å². The van der Waals surface area contributed by atoms with E-state index >= 15 is 0 Å². The number of carbonyl (C=O) groups is 1. The Hall–Kier alpha value is -2.97. The predicted octanol–water partition coefficient (Wildman–Crippen LogP) is 3.09. The van der Waals surface area contributed by atoms with Crippen molar-refractivity contribution in [3.8, 4) is 11.8 Å². The Labute approximate surface area is 169 Å². The summed E-state index contributed by atoms with van der Waals surface area (Å²) in [6.45, 7) is 4.82. The van der Waals surface area contributed by atoms with Crippen molar-refractivity contribution in [3.05, 3.63) is 23.7 Å². The summed E-state index contributed by atoms with van der Waals surface area (Å²) >= 11 is 0. The highest BCUT2D eigenvalue weighted by atomic mass is 16.5. The number of hydrogen-bond acceptors (Lipinski definition) is 7. The second kappa shape index (κ2) is 8.18. The maximum absolute atomic E-state index is 11.9. The fourth-order valence-electron chi connectivity index (χ4n) is 3.95. The Balaban J connectivity index is 1.67. The fourth-order valence-corrected chi connectivity index (χ4v) is 3.95. The van der Waals surface area contributed by atoms with E-state index in [-0.39, 0.29) is 0 Å². The van der Waals surface area contributed by atoms with E-state index in [1.54, 1.807) is 20.2 Å². The van der Waals surface area contributed by atoms with E-state index in [0.717, 1.165) is 35.6 Å². The third-order valence-corrected chi connectivity index (χ3v) is 5.43. The molecule has 0 aliphatic heterocycles. The largest absolute Gasteiger partial charge is 0.479 e. The van der Waals surface area contributed by atoms with Gasteiger partial charge in [-0.15, -0.1) is 0 Å². The molecule has 1 aliphatic carbocycles. The van der Waals surface area contributed by atoms with Crippen LogP contribution in [0.3, 0.4) is 0 Å². The minimum atomic E-state index is -0.428. The first kappa shape index (κ1) is 19.4. The molecule has 3 heterocycles. The maximum atomic E-state index is 11.9. The van der Waals surface area contributed by atoms with Crippen LogP contribution in [0, 0.1) is 12.8 Å². The van der Waals surface area contributed by atoms with Gasteiger partial charge in [0.1, 0.15) is 11.0 Å². The van der Waals surface area contributed by atoms with Crippen LogP contribution in [0.1, 0.15) is 55.1 Å². The number of esters is 1. The average molecular weight is 398 g/mol. The van der Waals surface area contributed by atoms with Gasteiger partial charge in [-0.3, -0.25) is 4.68 Å². The van der Waals surface area contributed by atoms with E-state index in [1.807, 2.05) is 11.6 Å². The summed E-state index contributed by atoms with van der Waals surface area (Å²) in [6, 6.07) is 0. The van der Waals surface area contributed by atoms with Crippen molar-refractivity contribution in [3.63, 3.8) is 0 Å². The zero-order valence-corrected chi connectivity index (χ0v) is 17.1. The minimum absolute atomic E-state index is 0.305. The molecule has 0 saturated heterocycles. The summed E-state index contributed by atoms with van der Waals surface area (Å²) in [5.41, 5.74) is 2.68. The normalized spacial score (nSPS) is 14.6. The molecular weight excluding hydrogens is 372 g/mol. The van der Waals surface area contributed by atoms with Gasteiger partial charge in [-0.2, -0.15) is 15.2 Å². The molecule has 0 spiro atoms.